The fraction of sp³-hybridized carbons (Fsp3) is 0.250. The van der Waals surface area contributed by atoms with E-state index in [0.29, 0.717) is 23.1 Å². The second kappa shape index (κ2) is 7.17. The van der Waals surface area contributed by atoms with Crippen LogP contribution in [0.15, 0.2) is 48.5 Å². The summed E-state index contributed by atoms with van der Waals surface area (Å²) in [5.74, 6) is 1.15. The van der Waals surface area contributed by atoms with Crippen LogP contribution in [0.3, 0.4) is 0 Å². The Morgan fingerprint density at radius 3 is 2.50 bits per heavy atom. The molecular weight excluding hydrogens is 276 g/mol. The Labute approximate surface area is 123 Å². The van der Waals surface area contributed by atoms with Gasteiger partial charge in [0, 0.05) is 11.1 Å². The lowest BCUT2D eigenvalue weighted by Gasteiger charge is -2.14. The lowest BCUT2D eigenvalue weighted by Crippen LogP contribution is -2.13. The van der Waals surface area contributed by atoms with Gasteiger partial charge in [0.15, 0.2) is 11.5 Å². The molecule has 0 radical (unpaired) electrons. The molecule has 1 atom stereocenters. The SMILES string of the molecule is C[C@@H](O)COc1cc(Cl)ccc1OCc1ccccc1. The smallest absolute Gasteiger partial charge is 0.162 e. The third-order valence-electron chi connectivity index (χ3n) is 2.62. The van der Waals surface area contributed by atoms with E-state index in [1.807, 2.05) is 30.3 Å². The van der Waals surface area contributed by atoms with Gasteiger partial charge >= 0.3 is 0 Å². The highest BCUT2D eigenvalue weighted by atomic mass is 35.5. The Morgan fingerprint density at radius 2 is 1.80 bits per heavy atom. The van der Waals surface area contributed by atoms with Gasteiger partial charge in [0.2, 0.25) is 0 Å². The van der Waals surface area contributed by atoms with E-state index in [0.717, 1.165) is 5.56 Å². The molecular formula is C16H17ClO3. The molecule has 3 nitrogen and oxygen atoms in total. The quantitative estimate of drug-likeness (QED) is 0.883. The molecule has 0 aromatic heterocycles. The lowest BCUT2D eigenvalue weighted by molar-refractivity contribution is 0.119. The second-order valence-corrected chi connectivity index (χ2v) is 4.96. The van der Waals surface area contributed by atoms with Crippen molar-refractivity contribution in [2.45, 2.75) is 19.6 Å². The molecule has 4 heteroatoms. The number of halogens is 1. The fourth-order valence-corrected chi connectivity index (χ4v) is 1.82. The summed E-state index contributed by atoms with van der Waals surface area (Å²) in [5.41, 5.74) is 1.07. The Balaban J connectivity index is 2.06. The molecule has 0 aliphatic carbocycles. The molecule has 0 aliphatic heterocycles. The number of hydrogen-bond acceptors (Lipinski definition) is 3. The van der Waals surface area contributed by atoms with Crippen LogP contribution in [0.25, 0.3) is 0 Å². The van der Waals surface area contributed by atoms with E-state index in [-0.39, 0.29) is 6.61 Å². The van der Waals surface area contributed by atoms with E-state index in [2.05, 4.69) is 0 Å². The molecule has 0 saturated heterocycles. The van der Waals surface area contributed by atoms with E-state index in [1.54, 1.807) is 25.1 Å². The first-order chi connectivity index (χ1) is 9.65. The second-order valence-electron chi connectivity index (χ2n) is 4.53. The monoisotopic (exact) mass is 292 g/mol. The Morgan fingerprint density at radius 1 is 1.05 bits per heavy atom. The van der Waals surface area contributed by atoms with E-state index >= 15 is 0 Å². The molecule has 20 heavy (non-hydrogen) atoms. The summed E-state index contributed by atoms with van der Waals surface area (Å²) in [7, 11) is 0. The maximum Gasteiger partial charge on any atom is 0.162 e. The van der Waals surface area contributed by atoms with Crippen molar-refractivity contribution < 1.29 is 14.6 Å². The molecule has 1 N–H and O–H groups in total. The zero-order valence-corrected chi connectivity index (χ0v) is 12.0. The van der Waals surface area contributed by atoms with Crippen LogP contribution in [0.5, 0.6) is 11.5 Å². The molecule has 0 fully saturated rings. The van der Waals surface area contributed by atoms with Crippen LogP contribution in [0, 0.1) is 0 Å². The summed E-state index contributed by atoms with van der Waals surface area (Å²) in [6.45, 7) is 2.31. The van der Waals surface area contributed by atoms with E-state index in [4.69, 9.17) is 21.1 Å². The van der Waals surface area contributed by atoms with Gasteiger partial charge in [-0.2, -0.15) is 0 Å². The first-order valence-corrected chi connectivity index (χ1v) is 6.80. The molecule has 2 aromatic rings. The predicted molar refractivity (Wildman–Crippen MR) is 79.4 cm³/mol. The highest BCUT2D eigenvalue weighted by molar-refractivity contribution is 6.30. The first-order valence-electron chi connectivity index (χ1n) is 6.42. The molecule has 106 valence electrons. The average Bonchev–Trinajstić information content (AvgIpc) is 2.45. The third kappa shape index (κ3) is 4.44. The molecule has 0 aliphatic rings. The van der Waals surface area contributed by atoms with Gasteiger partial charge in [-0.1, -0.05) is 41.9 Å². The van der Waals surface area contributed by atoms with Gasteiger partial charge in [0.1, 0.15) is 13.2 Å². The zero-order valence-electron chi connectivity index (χ0n) is 11.3. The van der Waals surface area contributed by atoms with Crippen LogP contribution in [0.2, 0.25) is 5.02 Å². The number of aliphatic hydroxyl groups is 1. The molecule has 0 saturated carbocycles. The standard InChI is InChI=1S/C16H17ClO3/c1-12(18)10-19-16-9-14(17)7-8-15(16)20-11-13-5-3-2-4-6-13/h2-9,12,18H,10-11H2,1H3/t12-/m1/s1. The highest BCUT2D eigenvalue weighted by Gasteiger charge is 2.08. The van der Waals surface area contributed by atoms with E-state index in [9.17, 15) is 5.11 Å². The van der Waals surface area contributed by atoms with Gasteiger partial charge in [-0.25, -0.2) is 0 Å². The van der Waals surface area contributed by atoms with Gasteiger partial charge < -0.3 is 14.6 Å². The summed E-state index contributed by atoms with van der Waals surface area (Å²) < 4.78 is 11.3. The number of benzene rings is 2. The molecule has 0 bridgehead atoms. The summed E-state index contributed by atoms with van der Waals surface area (Å²) in [6.07, 6.45) is -0.545. The normalized spacial score (nSPS) is 11.9. The first kappa shape index (κ1) is 14.7. The van der Waals surface area contributed by atoms with E-state index in [1.165, 1.54) is 0 Å². The number of aliphatic hydroxyl groups excluding tert-OH is 1. The summed E-state index contributed by atoms with van der Waals surface area (Å²) >= 11 is 5.95. The maximum atomic E-state index is 9.28. The minimum atomic E-state index is -0.545. The van der Waals surface area contributed by atoms with Gasteiger partial charge in [-0.05, 0) is 24.6 Å². The van der Waals surface area contributed by atoms with Crippen LogP contribution in [-0.4, -0.2) is 17.8 Å². The molecule has 2 rings (SSSR count). The summed E-state index contributed by atoms with van der Waals surface area (Å²) in [6, 6.07) is 15.1. The van der Waals surface area contributed by atoms with Gasteiger partial charge in [0.05, 0.1) is 6.10 Å². The van der Waals surface area contributed by atoms with Crippen molar-refractivity contribution in [2.75, 3.05) is 6.61 Å². The zero-order chi connectivity index (χ0) is 14.4. The van der Waals surface area contributed by atoms with Crippen LogP contribution in [0.1, 0.15) is 12.5 Å². The minimum absolute atomic E-state index is 0.196. The number of rotatable bonds is 6. The van der Waals surface area contributed by atoms with Crippen LogP contribution >= 0.6 is 11.6 Å². The van der Waals surface area contributed by atoms with Crippen molar-refractivity contribution >= 4 is 11.6 Å². The Hall–Kier alpha value is -1.71. The average molecular weight is 293 g/mol. The lowest BCUT2D eigenvalue weighted by atomic mass is 10.2. The maximum absolute atomic E-state index is 9.28. The van der Waals surface area contributed by atoms with Crippen molar-refractivity contribution in [1.82, 2.24) is 0 Å². The molecule has 0 unspecified atom stereocenters. The Bertz CT molecular complexity index is 541. The summed E-state index contributed by atoms with van der Waals surface area (Å²) in [5, 5.41) is 9.85. The fourth-order valence-electron chi connectivity index (χ4n) is 1.66. The largest absolute Gasteiger partial charge is 0.487 e. The molecule has 0 amide bonds. The van der Waals surface area contributed by atoms with E-state index < -0.39 is 6.10 Å². The van der Waals surface area contributed by atoms with Crippen molar-refractivity contribution in [1.29, 1.82) is 0 Å². The molecule has 0 heterocycles. The van der Waals surface area contributed by atoms with Crippen molar-refractivity contribution in [3.05, 3.63) is 59.1 Å². The van der Waals surface area contributed by atoms with Crippen LogP contribution < -0.4 is 9.47 Å². The molecule has 0 spiro atoms. The number of ether oxygens (including phenoxy) is 2. The van der Waals surface area contributed by atoms with Crippen molar-refractivity contribution in [2.24, 2.45) is 0 Å². The predicted octanol–water partition coefficient (Wildman–Crippen LogP) is 3.68. The van der Waals surface area contributed by atoms with Crippen molar-refractivity contribution in [3.63, 3.8) is 0 Å². The van der Waals surface area contributed by atoms with Crippen molar-refractivity contribution in [3.8, 4) is 11.5 Å². The number of hydrogen-bond donors (Lipinski definition) is 1. The van der Waals surface area contributed by atoms with Crippen LogP contribution in [0.4, 0.5) is 0 Å². The Kier molecular flexibility index (Phi) is 5.27. The molecule has 2 aromatic carbocycles. The highest BCUT2D eigenvalue weighted by Crippen LogP contribution is 2.31. The van der Waals surface area contributed by atoms with Gasteiger partial charge in [0.25, 0.3) is 0 Å². The van der Waals surface area contributed by atoms with Crippen LogP contribution in [-0.2, 0) is 6.61 Å². The minimum Gasteiger partial charge on any atom is -0.487 e. The third-order valence-corrected chi connectivity index (χ3v) is 2.86. The van der Waals surface area contributed by atoms with Gasteiger partial charge in [-0.15, -0.1) is 0 Å². The topological polar surface area (TPSA) is 38.7 Å². The van der Waals surface area contributed by atoms with Gasteiger partial charge in [-0.3, -0.25) is 0 Å². The summed E-state index contributed by atoms with van der Waals surface area (Å²) in [4.78, 5) is 0.